The van der Waals surface area contributed by atoms with Gasteiger partial charge in [0.05, 0.1) is 13.2 Å². The molecular weight excluding hydrogens is 264 g/mol. The van der Waals surface area contributed by atoms with Gasteiger partial charge in [-0.1, -0.05) is 24.3 Å². The van der Waals surface area contributed by atoms with Gasteiger partial charge in [0.15, 0.2) is 0 Å². The highest BCUT2D eigenvalue weighted by molar-refractivity contribution is 5.39. The Balaban J connectivity index is 1.75. The minimum atomic E-state index is -0.358. The molecule has 1 aliphatic carbocycles. The van der Waals surface area contributed by atoms with Crippen LogP contribution in [0.25, 0.3) is 0 Å². The van der Waals surface area contributed by atoms with Crippen LogP contribution in [0.4, 0.5) is 0 Å². The minimum absolute atomic E-state index is 0.358. The quantitative estimate of drug-likeness (QED) is 0.931. The summed E-state index contributed by atoms with van der Waals surface area (Å²) in [6.07, 6.45) is 2.57. The van der Waals surface area contributed by atoms with Gasteiger partial charge in [-0.3, -0.25) is 0 Å². The number of hydrogen-bond acceptors (Lipinski definition) is 3. The van der Waals surface area contributed by atoms with E-state index in [0.717, 1.165) is 41.9 Å². The highest BCUT2D eigenvalue weighted by Crippen LogP contribution is 2.32. The van der Waals surface area contributed by atoms with E-state index < -0.39 is 0 Å². The predicted molar refractivity (Wildman–Crippen MR) is 81.7 cm³/mol. The SMILES string of the molecule is COc1ccccc1COc1ccc2c(c1)C(O)CCC2. The molecule has 3 rings (SSSR count). The Kier molecular flexibility index (Phi) is 4.11. The summed E-state index contributed by atoms with van der Waals surface area (Å²) < 4.78 is 11.2. The molecule has 2 aromatic rings. The van der Waals surface area contributed by atoms with Crippen molar-refractivity contribution in [1.82, 2.24) is 0 Å². The molecule has 110 valence electrons. The maximum atomic E-state index is 10.1. The van der Waals surface area contributed by atoms with Crippen LogP contribution in [0, 0.1) is 0 Å². The van der Waals surface area contributed by atoms with Gasteiger partial charge in [-0.05, 0) is 48.6 Å². The Morgan fingerprint density at radius 2 is 2.05 bits per heavy atom. The number of aliphatic hydroxyl groups excluding tert-OH is 1. The smallest absolute Gasteiger partial charge is 0.125 e. The first kappa shape index (κ1) is 14.0. The zero-order valence-corrected chi connectivity index (χ0v) is 12.2. The number of rotatable bonds is 4. The molecule has 3 nitrogen and oxygen atoms in total. The summed E-state index contributed by atoms with van der Waals surface area (Å²) in [6, 6.07) is 13.8. The van der Waals surface area contributed by atoms with Crippen LogP contribution in [0.3, 0.4) is 0 Å². The number of hydrogen-bond donors (Lipinski definition) is 1. The van der Waals surface area contributed by atoms with Crippen molar-refractivity contribution in [3.63, 3.8) is 0 Å². The normalized spacial score (nSPS) is 17.1. The molecule has 0 fully saturated rings. The van der Waals surface area contributed by atoms with Crippen LogP contribution in [-0.4, -0.2) is 12.2 Å². The van der Waals surface area contributed by atoms with Crippen molar-refractivity contribution in [3.05, 3.63) is 59.2 Å². The van der Waals surface area contributed by atoms with Crippen molar-refractivity contribution in [3.8, 4) is 11.5 Å². The third-order valence-corrected chi connectivity index (χ3v) is 3.99. The fourth-order valence-corrected chi connectivity index (χ4v) is 2.83. The molecular formula is C18H20O3. The van der Waals surface area contributed by atoms with E-state index in [-0.39, 0.29) is 6.10 Å². The molecule has 0 bridgehead atoms. The second-order valence-corrected chi connectivity index (χ2v) is 5.37. The van der Waals surface area contributed by atoms with Crippen LogP contribution in [0.15, 0.2) is 42.5 Å². The standard InChI is InChI=1S/C18H20O3/c1-20-18-8-3-2-5-14(18)12-21-15-10-9-13-6-4-7-17(19)16(13)11-15/h2-3,5,8-11,17,19H,4,6-7,12H2,1H3. The molecule has 1 N–H and O–H groups in total. The Bertz CT molecular complexity index is 622. The number of ether oxygens (including phenoxy) is 2. The topological polar surface area (TPSA) is 38.7 Å². The lowest BCUT2D eigenvalue weighted by Crippen LogP contribution is -2.09. The van der Waals surface area contributed by atoms with E-state index in [0.29, 0.717) is 6.61 Å². The third-order valence-electron chi connectivity index (χ3n) is 3.99. The Morgan fingerprint density at radius 1 is 1.19 bits per heavy atom. The molecule has 1 aliphatic rings. The largest absolute Gasteiger partial charge is 0.496 e. The molecule has 3 heteroatoms. The van der Waals surface area contributed by atoms with Crippen molar-refractivity contribution in [2.24, 2.45) is 0 Å². The molecule has 1 unspecified atom stereocenters. The van der Waals surface area contributed by atoms with E-state index in [2.05, 4.69) is 6.07 Å². The lowest BCUT2D eigenvalue weighted by atomic mass is 9.89. The number of para-hydroxylation sites is 1. The van der Waals surface area contributed by atoms with Gasteiger partial charge >= 0.3 is 0 Å². The van der Waals surface area contributed by atoms with E-state index in [9.17, 15) is 5.11 Å². The number of aryl methyl sites for hydroxylation is 1. The summed E-state index contributed by atoms with van der Waals surface area (Å²) >= 11 is 0. The first-order valence-corrected chi connectivity index (χ1v) is 7.33. The van der Waals surface area contributed by atoms with E-state index in [1.165, 1.54) is 5.56 Å². The lowest BCUT2D eigenvalue weighted by molar-refractivity contribution is 0.156. The summed E-state index contributed by atoms with van der Waals surface area (Å²) in [5.41, 5.74) is 3.26. The fraction of sp³-hybridized carbons (Fsp3) is 0.333. The van der Waals surface area contributed by atoms with Crippen LogP contribution in [0.1, 0.15) is 35.6 Å². The molecule has 21 heavy (non-hydrogen) atoms. The van der Waals surface area contributed by atoms with Gasteiger partial charge in [0.25, 0.3) is 0 Å². The Labute approximate surface area is 125 Å². The van der Waals surface area contributed by atoms with Crippen LogP contribution < -0.4 is 9.47 Å². The summed E-state index contributed by atoms with van der Waals surface area (Å²) in [5.74, 6) is 1.62. The molecule has 0 radical (unpaired) electrons. The van der Waals surface area contributed by atoms with E-state index in [4.69, 9.17) is 9.47 Å². The highest BCUT2D eigenvalue weighted by Gasteiger charge is 2.18. The molecule has 0 aromatic heterocycles. The van der Waals surface area contributed by atoms with Crippen molar-refractivity contribution in [1.29, 1.82) is 0 Å². The van der Waals surface area contributed by atoms with Crippen molar-refractivity contribution in [2.75, 3.05) is 7.11 Å². The molecule has 0 aliphatic heterocycles. The third kappa shape index (κ3) is 3.03. The Hall–Kier alpha value is -2.00. The van der Waals surface area contributed by atoms with Gasteiger partial charge in [0, 0.05) is 5.56 Å². The molecule has 0 saturated carbocycles. The summed E-state index contributed by atoms with van der Waals surface area (Å²) in [6.45, 7) is 0.457. The fourth-order valence-electron chi connectivity index (χ4n) is 2.83. The van der Waals surface area contributed by atoms with E-state index in [1.807, 2.05) is 36.4 Å². The van der Waals surface area contributed by atoms with Crippen molar-refractivity contribution >= 4 is 0 Å². The number of fused-ring (bicyclic) bond motifs is 1. The first-order chi connectivity index (χ1) is 10.3. The van der Waals surface area contributed by atoms with Crippen LogP contribution in [0.2, 0.25) is 0 Å². The number of benzene rings is 2. The van der Waals surface area contributed by atoms with Crippen molar-refractivity contribution in [2.45, 2.75) is 32.0 Å². The highest BCUT2D eigenvalue weighted by atomic mass is 16.5. The van der Waals surface area contributed by atoms with Gasteiger partial charge in [0.2, 0.25) is 0 Å². The maximum absolute atomic E-state index is 10.1. The van der Waals surface area contributed by atoms with Gasteiger partial charge < -0.3 is 14.6 Å². The maximum Gasteiger partial charge on any atom is 0.125 e. The second-order valence-electron chi connectivity index (χ2n) is 5.37. The van der Waals surface area contributed by atoms with Crippen LogP contribution >= 0.6 is 0 Å². The Morgan fingerprint density at radius 3 is 2.90 bits per heavy atom. The van der Waals surface area contributed by atoms with Crippen LogP contribution in [-0.2, 0) is 13.0 Å². The average molecular weight is 284 g/mol. The zero-order valence-electron chi connectivity index (χ0n) is 12.2. The van der Waals surface area contributed by atoms with Crippen molar-refractivity contribution < 1.29 is 14.6 Å². The van der Waals surface area contributed by atoms with Gasteiger partial charge in [-0.15, -0.1) is 0 Å². The number of aliphatic hydroxyl groups is 1. The zero-order chi connectivity index (χ0) is 14.7. The molecule has 0 amide bonds. The summed E-state index contributed by atoms with van der Waals surface area (Å²) in [5, 5.41) is 10.1. The lowest BCUT2D eigenvalue weighted by Gasteiger charge is -2.22. The molecule has 0 spiro atoms. The predicted octanol–water partition coefficient (Wildman–Crippen LogP) is 3.64. The monoisotopic (exact) mass is 284 g/mol. The van der Waals surface area contributed by atoms with E-state index >= 15 is 0 Å². The summed E-state index contributed by atoms with van der Waals surface area (Å²) in [4.78, 5) is 0. The second kappa shape index (κ2) is 6.19. The van der Waals surface area contributed by atoms with Gasteiger partial charge in [-0.2, -0.15) is 0 Å². The number of methoxy groups -OCH3 is 1. The molecule has 1 atom stereocenters. The van der Waals surface area contributed by atoms with Crippen LogP contribution in [0.5, 0.6) is 11.5 Å². The minimum Gasteiger partial charge on any atom is -0.496 e. The van der Waals surface area contributed by atoms with E-state index in [1.54, 1.807) is 7.11 Å². The summed E-state index contributed by atoms with van der Waals surface area (Å²) in [7, 11) is 1.66. The average Bonchev–Trinajstić information content (AvgIpc) is 2.54. The molecule has 2 aromatic carbocycles. The first-order valence-electron chi connectivity index (χ1n) is 7.33. The van der Waals surface area contributed by atoms with Gasteiger partial charge in [0.1, 0.15) is 18.1 Å². The molecule has 0 heterocycles. The molecule has 0 saturated heterocycles. The van der Waals surface area contributed by atoms with Gasteiger partial charge in [-0.25, -0.2) is 0 Å².